The quantitative estimate of drug-likeness (QED) is 0.391. The molecule has 7 heteroatoms. The molecule has 0 unspecified atom stereocenters. The zero-order chi connectivity index (χ0) is 16.7. The van der Waals surface area contributed by atoms with Gasteiger partial charge in [-0.1, -0.05) is 0 Å². The number of rotatable bonds is 7. The van der Waals surface area contributed by atoms with Crippen molar-refractivity contribution in [1.29, 1.82) is 0 Å². The molecule has 23 heavy (non-hydrogen) atoms. The van der Waals surface area contributed by atoms with Crippen molar-refractivity contribution in [3.8, 4) is 0 Å². The number of halogens is 1. The molecule has 0 saturated heterocycles. The molecular formula is C16H32IN5S. The molecule has 134 valence electrons. The molecule has 0 saturated carbocycles. The van der Waals surface area contributed by atoms with Gasteiger partial charge in [-0.15, -0.1) is 35.3 Å². The van der Waals surface area contributed by atoms with E-state index in [1.807, 2.05) is 21.0 Å². The highest BCUT2D eigenvalue weighted by atomic mass is 127. The van der Waals surface area contributed by atoms with Crippen LogP contribution in [0, 0.1) is 6.92 Å². The minimum absolute atomic E-state index is 0. The van der Waals surface area contributed by atoms with Crippen LogP contribution in [0.25, 0.3) is 0 Å². The van der Waals surface area contributed by atoms with Gasteiger partial charge >= 0.3 is 0 Å². The minimum Gasteiger partial charge on any atom is -0.355 e. The Kier molecular flexibility index (Phi) is 11.0. The molecule has 1 rings (SSSR count). The van der Waals surface area contributed by atoms with Gasteiger partial charge in [0.25, 0.3) is 0 Å². The number of thiazole rings is 1. The number of hydrogen-bond acceptors (Lipinski definition) is 4. The van der Waals surface area contributed by atoms with Crippen molar-refractivity contribution in [2.45, 2.75) is 53.2 Å². The maximum absolute atomic E-state index is 4.51. The second-order valence-electron chi connectivity index (χ2n) is 6.11. The van der Waals surface area contributed by atoms with E-state index < -0.39 is 0 Å². The van der Waals surface area contributed by atoms with E-state index in [-0.39, 0.29) is 24.0 Å². The van der Waals surface area contributed by atoms with E-state index in [1.54, 1.807) is 11.3 Å². The smallest absolute Gasteiger partial charge is 0.193 e. The molecule has 0 bridgehead atoms. The monoisotopic (exact) mass is 453 g/mol. The van der Waals surface area contributed by atoms with Gasteiger partial charge in [0, 0.05) is 44.6 Å². The van der Waals surface area contributed by atoms with E-state index in [4.69, 9.17) is 0 Å². The summed E-state index contributed by atoms with van der Waals surface area (Å²) >= 11 is 1.69. The fourth-order valence-corrected chi connectivity index (χ4v) is 3.20. The van der Waals surface area contributed by atoms with E-state index in [2.05, 4.69) is 58.2 Å². The van der Waals surface area contributed by atoms with E-state index in [9.17, 15) is 0 Å². The minimum atomic E-state index is 0. The molecule has 0 aliphatic heterocycles. The maximum Gasteiger partial charge on any atom is 0.193 e. The Labute approximate surface area is 162 Å². The molecule has 1 aromatic heterocycles. The molecular weight excluding hydrogens is 421 g/mol. The van der Waals surface area contributed by atoms with Gasteiger partial charge in [0.05, 0.1) is 17.2 Å². The van der Waals surface area contributed by atoms with Crippen molar-refractivity contribution >= 4 is 41.3 Å². The topological polar surface area (TPSA) is 43.8 Å². The summed E-state index contributed by atoms with van der Waals surface area (Å²) in [5.74, 6) is 0.915. The van der Waals surface area contributed by atoms with Crippen LogP contribution in [0.5, 0.6) is 0 Å². The number of nitrogens with one attached hydrogen (secondary N) is 1. The summed E-state index contributed by atoms with van der Waals surface area (Å²) in [4.78, 5) is 13.5. The Hall–Kier alpha value is -0.410. The third-order valence-corrected chi connectivity index (χ3v) is 4.44. The standard InChI is InChI=1S/C16H31N5S.HI/c1-12(2)21(13(3)4)9-8-18-16(17-6)20(7)10-15-11-22-14(5)19-15;/h11-13H,8-10H2,1-7H3,(H,17,18);1H. The average molecular weight is 453 g/mol. The first-order valence-electron chi connectivity index (χ1n) is 7.93. The lowest BCUT2D eigenvalue weighted by atomic mass is 10.2. The van der Waals surface area contributed by atoms with Crippen LogP contribution >= 0.6 is 35.3 Å². The number of nitrogens with zero attached hydrogens (tertiary/aromatic N) is 4. The fourth-order valence-electron chi connectivity index (χ4n) is 2.59. The van der Waals surface area contributed by atoms with Gasteiger partial charge in [-0.25, -0.2) is 4.98 Å². The summed E-state index contributed by atoms with van der Waals surface area (Å²) in [6, 6.07) is 1.11. The maximum atomic E-state index is 4.51. The van der Waals surface area contributed by atoms with Crippen LogP contribution in [0.1, 0.15) is 38.4 Å². The zero-order valence-corrected chi connectivity index (χ0v) is 18.6. The number of aromatic nitrogens is 1. The molecule has 5 nitrogen and oxygen atoms in total. The Morgan fingerprint density at radius 2 is 1.91 bits per heavy atom. The molecule has 1 N–H and O–H groups in total. The first-order valence-corrected chi connectivity index (χ1v) is 8.81. The van der Waals surface area contributed by atoms with Crippen LogP contribution < -0.4 is 5.32 Å². The van der Waals surface area contributed by atoms with Crippen molar-refractivity contribution in [1.82, 2.24) is 20.1 Å². The Morgan fingerprint density at radius 3 is 2.35 bits per heavy atom. The van der Waals surface area contributed by atoms with E-state index in [1.165, 1.54) is 0 Å². The van der Waals surface area contributed by atoms with Crippen molar-refractivity contribution in [3.63, 3.8) is 0 Å². The second kappa shape index (κ2) is 11.2. The third-order valence-electron chi connectivity index (χ3n) is 3.62. The molecule has 0 aliphatic rings. The average Bonchev–Trinajstić information content (AvgIpc) is 2.83. The van der Waals surface area contributed by atoms with Gasteiger partial charge in [0.1, 0.15) is 0 Å². The highest BCUT2D eigenvalue weighted by Crippen LogP contribution is 2.09. The first-order chi connectivity index (χ1) is 10.3. The normalized spacial score (nSPS) is 12.0. The predicted octanol–water partition coefficient (Wildman–Crippen LogP) is 3.20. The molecule has 0 fully saturated rings. The van der Waals surface area contributed by atoms with Gasteiger partial charge in [0.15, 0.2) is 5.96 Å². The van der Waals surface area contributed by atoms with Crippen LogP contribution in [0.2, 0.25) is 0 Å². The van der Waals surface area contributed by atoms with Gasteiger partial charge in [-0.3, -0.25) is 9.89 Å². The predicted molar refractivity (Wildman–Crippen MR) is 112 cm³/mol. The lowest BCUT2D eigenvalue weighted by Gasteiger charge is -2.31. The summed E-state index contributed by atoms with van der Waals surface area (Å²) in [5.41, 5.74) is 1.10. The molecule has 0 aliphatic carbocycles. The number of guanidine groups is 1. The summed E-state index contributed by atoms with van der Waals surface area (Å²) < 4.78 is 0. The van der Waals surface area contributed by atoms with E-state index >= 15 is 0 Å². The van der Waals surface area contributed by atoms with Crippen LogP contribution in [0.15, 0.2) is 10.4 Å². The molecule has 0 aromatic carbocycles. The Balaban J connectivity index is 0.00000484. The summed E-state index contributed by atoms with van der Waals surface area (Å²) in [7, 11) is 3.88. The summed E-state index contributed by atoms with van der Waals surface area (Å²) in [6.07, 6.45) is 0. The molecule has 0 radical (unpaired) electrons. The number of aryl methyl sites for hydroxylation is 1. The largest absolute Gasteiger partial charge is 0.355 e. The van der Waals surface area contributed by atoms with Gasteiger partial charge in [-0.2, -0.15) is 0 Å². The van der Waals surface area contributed by atoms with Crippen molar-refractivity contribution in [3.05, 3.63) is 16.1 Å². The summed E-state index contributed by atoms with van der Waals surface area (Å²) in [5, 5.41) is 6.66. The van der Waals surface area contributed by atoms with Crippen molar-refractivity contribution < 1.29 is 0 Å². The fraction of sp³-hybridized carbons (Fsp3) is 0.750. The highest BCUT2D eigenvalue weighted by molar-refractivity contribution is 14.0. The lowest BCUT2D eigenvalue weighted by molar-refractivity contribution is 0.178. The molecule has 0 amide bonds. The molecule has 0 atom stereocenters. The second-order valence-corrected chi connectivity index (χ2v) is 7.18. The van der Waals surface area contributed by atoms with Gasteiger partial charge < -0.3 is 10.2 Å². The first kappa shape index (κ1) is 22.6. The van der Waals surface area contributed by atoms with E-state index in [0.717, 1.165) is 36.3 Å². The van der Waals surface area contributed by atoms with Gasteiger partial charge in [0.2, 0.25) is 0 Å². The van der Waals surface area contributed by atoms with Gasteiger partial charge in [-0.05, 0) is 34.6 Å². The molecule has 1 aromatic rings. The SMILES string of the molecule is CN=C(NCCN(C(C)C)C(C)C)N(C)Cc1csc(C)n1.I. The highest BCUT2D eigenvalue weighted by Gasteiger charge is 2.14. The summed E-state index contributed by atoms with van der Waals surface area (Å²) in [6.45, 7) is 13.7. The van der Waals surface area contributed by atoms with Crippen LogP contribution in [-0.2, 0) is 6.54 Å². The van der Waals surface area contributed by atoms with Crippen LogP contribution in [0.4, 0.5) is 0 Å². The molecule has 0 spiro atoms. The third kappa shape index (κ3) is 7.80. The molecule has 1 heterocycles. The Bertz CT molecular complexity index is 465. The van der Waals surface area contributed by atoms with Crippen LogP contribution in [0.3, 0.4) is 0 Å². The zero-order valence-electron chi connectivity index (χ0n) is 15.5. The number of hydrogen-bond donors (Lipinski definition) is 1. The Morgan fingerprint density at radius 1 is 1.30 bits per heavy atom. The van der Waals surface area contributed by atoms with Crippen molar-refractivity contribution in [2.24, 2.45) is 4.99 Å². The van der Waals surface area contributed by atoms with E-state index in [0.29, 0.717) is 12.1 Å². The lowest BCUT2D eigenvalue weighted by Crippen LogP contribution is -2.45. The van der Waals surface area contributed by atoms with Crippen molar-refractivity contribution in [2.75, 3.05) is 27.2 Å². The van der Waals surface area contributed by atoms with Crippen LogP contribution in [-0.4, -0.2) is 60.0 Å². The number of aliphatic imine (C=N–C) groups is 1.